The Kier molecular flexibility index (Phi) is 26.1. The van der Waals surface area contributed by atoms with Gasteiger partial charge in [-0.1, -0.05) is 196 Å². The van der Waals surface area contributed by atoms with E-state index >= 15 is 0 Å². The summed E-state index contributed by atoms with van der Waals surface area (Å²) in [7, 11) is 0.0954. The standard InChI is InChI=1S/C23H34N4Si2.C8H10O.C7H8.C4H10O2.Y/c1-28(2,3)26-22(20-14-9-7-10-15-20)24-18-13-19-25-23(27-29(4,5)6)21-16-11-8-12-17-21;1-6-4-3-5-7(2)8(6)9;1-7-5-3-2-4-6-7;1-5-3-4-6-2;/h7-12,14-17H,13,18-19H2,1-6H3;3-5,9H,1-2H3;2-6H,1H3;3-4H2,1-2H3;/q-2;;;;+3/p-1. The van der Waals surface area contributed by atoms with Gasteiger partial charge < -0.3 is 34.5 Å². The predicted octanol–water partition coefficient (Wildman–Crippen LogP) is 10.3. The zero-order valence-corrected chi connectivity index (χ0v) is 38.4. The molecule has 0 radical (unpaired) electrons. The second-order valence-electron chi connectivity index (χ2n) is 13.9. The van der Waals surface area contributed by atoms with Crippen molar-refractivity contribution >= 4 is 28.1 Å². The molecule has 0 bridgehead atoms. The summed E-state index contributed by atoms with van der Waals surface area (Å²) in [6, 6.07) is 36.4. The van der Waals surface area contributed by atoms with Crippen molar-refractivity contribution in [2.45, 2.75) is 66.5 Å². The van der Waals surface area contributed by atoms with Gasteiger partial charge in [0.15, 0.2) is 0 Å². The third-order valence-corrected chi connectivity index (χ3v) is 8.39. The van der Waals surface area contributed by atoms with Gasteiger partial charge in [0.1, 0.15) is 0 Å². The van der Waals surface area contributed by atoms with Crippen LogP contribution in [-0.4, -0.2) is 68.7 Å². The topological polar surface area (TPSA) is 94.4 Å². The molecule has 0 spiro atoms. The maximum atomic E-state index is 11.0. The van der Waals surface area contributed by atoms with Crippen LogP contribution in [-0.2, 0) is 42.2 Å². The summed E-state index contributed by atoms with van der Waals surface area (Å²) in [5.74, 6) is 1.92. The molecule has 0 heterocycles. The average molecular weight is 815 g/mol. The van der Waals surface area contributed by atoms with Gasteiger partial charge in [-0.15, -0.1) is 5.75 Å². The molecule has 0 aliphatic rings. The minimum absolute atomic E-state index is 0. The zero-order valence-electron chi connectivity index (χ0n) is 33.5. The van der Waals surface area contributed by atoms with Crippen LogP contribution in [0.25, 0.3) is 9.96 Å². The van der Waals surface area contributed by atoms with Gasteiger partial charge in [-0.05, 0) is 31.9 Å². The summed E-state index contributed by atoms with van der Waals surface area (Å²) >= 11 is 0. The van der Waals surface area contributed by atoms with Gasteiger partial charge in [-0.2, -0.15) is 0 Å². The van der Waals surface area contributed by atoms with E-state index in [4.69, 9.17) is 19.9 Å². The molecular weight excluding hydrogens is 754 g/mol. The van der Waals surface area contributed by atoms with E-state index in [1.54, 1.807) is 14.2 Å². The second kappa shape index (κ2) is 27.7. The fourth-order valence-corrected chi connectivity index (χ4v) is 5.80. The van der Waals surface area contributed by atoms with Gasteiger partial charge in [-0.25, -0.2) is 0 Å². The van der Waals surface area contributed by atoms with Gasteiger partial charge in [0.25, 0.3) is 0 Å². The number of benzene rings is 4. The molecule has 0 saturated carbocycles. The first-order valence-electron chi connectivity index (χ1n) is 17.5. The molecule has 0 unspecified atom stereocenters. The number of hydrogen-bond donors (Lipinski definition) is 0. The molecule has 0 aromatic heterocycles. The van der Waals surface area contributed by atoms with E-state index in [1.807, 2.05) is 86.6 Å². The Morgan fingerprint density at radius 3 is 1.17 bits per heavy atom. The van der Waals surface area contributed by atoms with Gasteiger partial charge >= 0.3 is 32.7 Å². The number of nitrogens with zero attached hydrogens (tertiary/aromatic N) is 4. The molecule has 0 atom stereocenters. The quantitative estimate of drug-likeness (QED) is 0.0653. The van der Waals surface area contributed by atoms with Crippen LogP contribution in [0.1, 0.15) is 34.2 Å². The molecular formula is C42H61N4O3Si2Y. The van der Waals surface area contributed by atoms with Crippen LogP contribution in [0, 0.1) is 20.8 Å². The van der Waals surface area contributed by atoms with E-state index < -0.39 is 16.5 Å². The second-order valence-corrected chi connectivity index (χ2v) is 23.1. The van der Waals surface area contributed by atoms with Crippen LogP contribution in [0.5, 0.6) is 5.75 Å². The Hall–Kier alpha value is -2.92. The molecule has 7 nitrogen and oxygen atoms in total. The molecule has 278 valence electrons. The van der Waals surface area contributed by atoms with Gasteiger partial charge in [0.05, 0.1) is 13.2 Å². The first kappa shape index (κ1) is 49.1. The Balaban J connectivity index is 0.000000907. The van der Waals surface area contributed by atoms with Crippen LogP contribution in [0.3, 0.4) is 0 Å². The summed E-state index contributed by atoms with van der Waals surface area (Å²) in [6.07, 6.45) is 0.884. The van der Waals surface area contributed by atoms with Gasteiger partial charge in [-0.3, -0.25) is 0 Å². The van der Waals surface area contributed by atoms with E-state index in [9.17, 15) is 5.11 Å². The summed E-state index contributed by atoms with van der Waals surface area (Å²) in [6.45, 7) is 22.0. The maximum absolute atomic E-state index is 11.0. The van der Waals surface area contributed by atoms with Crippen LogP contribution >= 0.6 is 0 Å². The minimum atomic E-state index is -1.60. The summed E-state index contributed by atoms with van der Waals surface area (Å²) < 4.78 is 9.31. The number of hydrogen-bond acceptors (Lipinski definition) is 5. The summed E-state index contributed by atoms with van der Waals surface area (Å²) in [4.78, 5) is 19.5. The number of amidine groups is 2. The molecule has 0 aliphatic heterocycles. The van der Waals surface area contributed by atoms with Crippen molar-refractivity contribution in [1.29, 1.82) is 0 Å². The number of aryl methyl sites for hydroxylation is 3. The normalized spacial score (nSPS) is 11.3. The zero-order chi connectivity index (χ0) is 38.1. The third-order valence-electron chi connectivity index (χ3n) is 6.63. The number of ether oxygens (including phenoxy) is 2. The molecule has 4 aromatic carbocycles. The summed E-state index contributed by atoms with van der Waals surface area (Å²) in [5.41, 5.74) is 5.17. The number of para-hydroxylation sites is 1. The number of methoxy groups -OCH3 is 2. The van der Waals surface area contributed by atoms with Gasteiger partial charge in [0, 0.05) is 30.7 Å². The van der Waals surface area contributed by atoms with Crippen molar-refractivity contribution < 1.29 is 47.3 Å². The van der Waals surface area contributed by atoms with E-state index in [1.165, 1.54) is 5.56 Å². The van der Waals surface area contributed by atoms with E-state index in [2.05, 4.69) is 92.1 Å². The molecule has 10 heteroatoms. The Morgan fingerprint density at radius 1 is 0.558 bits per heavy atom. The first-order chi connectivity index (χ1) is 24.2. The molecule has 0 fully saturated rings. The molecule has 0 saturated heterocycles. The molecule has 4 rings (SSSR count). The maximum Gasteiger partial charge on any atom is 3.00 e. The molecule has 0 aliphatic carbocycles. The van der Waals surface area contributed by atoms with Crippen molar-refractivity contribution in [3.8, 4) is 5.75 Å². The third kappa shape index (κ3) is 24.3. The van der Waals surface area contributed by atoms with Crippen molar-refractivity contribution in [3.63, 3.8) is 0 Å². The first-order valence-corrected chi connectivity index (χ1v) is 24.4. The molecule has 0 N–H and O–H groups in total. The SMILES string of the molecule is COCCOC.C[Si](C)(C)[N-]C(=NCCCN=C([N-][Si](C)(C)C)c1ccccc1)c1ccccc1.Cc1cccc(C)c1[O-].Cc1ccccc1.[Y+3]. The number of aliphatic imine (C=N–C) groups is 2. The van der Waals surface area contributed by atoms with Crippen molar-refractivity contribution in [2.24, 2.45) is 9.98 Å². The Morgan fingerprint density at radius 2 is 0.904 bits per heavy atom. The van der Waals surface area contributed by atoms with Crippen molar-refractivity contribution in [3.05, 3.63) is 147 Å². The van der Waals surface area contributed by atoms with Crippen LogP contribution < -0.4 is 5.11 Å². The minimum Gasteiger partial charge on any atom is -0.872 e. The summed E-state index contributed by atoms with van der Waals surface area (Å²) in [5, 5.41) is 11.0. The molecule has 52 heavy (non-hydrogen) atoms. The van der Waals surface area contributed by atoms with E-state index in [-0.39, 0.29) is 38.5 Å². The van der Waals surface area contributed by atoms with Crippen LogP contribution in [0.2, 0.25) is 39.3 Å². The fraction of sp³-hybridized carbons (Fsp3) is 0.381. The Labute approximate surface area is 342 Å². The smallest absolute Gasteiger partial charge is 0.872 e. The molecule has 4 aromatic rings. The average Bonchev–Trinajstić information content (AvgIpc) is 3.09. The van der Waals surface area contributed by atoms with Gasteiger partial charge in [0.2, 0.25) is 0 Å². The van der Waals surface area contributed by atoms with Crippen LogP contribution in [0.15, 0.2) is 119 Å². The Bertz CT molecular complexity index is 1450. The predicted molar refractivity (Wildman–Crippen MR) is 224 cm³/mol. The van der Waals surface area contributed by atoms with E-state index in [0.29, 0.717) is 13.2 Å². The largest absolute Gasteiger partial charge is 3.00 e. The monoisotopic (exact) mass is 814 g/mol. The molecule has 0 amide bonds. The number of rotatable bonds is 11. The van der Waals surface area contributed by atoms with Crippen LogP contribution in [0.4, 0.5) is 0 Å². The fourth-order valence-electron chi connectivity index (χ4n) is 4.13. The van der Waals surface area contributed by atoms with Crippen molar-refractivity contribution in [2.75, 3.05) is 40.5 Å². The van der Waals surface area contributed by atoms with E-state index in [0.717, 1.165) is 53.4 Å². The van der Waals surface area contributed by atoms with Crippen molar-refractivity contribution in [1.82, 2.24) is 0 Å².